The monoisotopic (exact) mass is 483 g/mol. The number of alkyl halides is 3. The maximum Gasteiger partial charge on any atom is 0.416 e. The average Bonchev–Trinajstić information content (AvgIpc) is 2.73. The molecule has 1 aliphatic rings. The third-order valence-corrected chi connectivity index (χ3v) is 6.73. The lowest BCUT2D eigenvalue weighted by Gasteiger charge is -2.30. The van der Waals surface area contributed by atoms with Crippen LogP contribution < -0.4 is 9.04 Å². The Morgan fingerprint density at radius 1 is 0.968 bits per heavy atom. The van der Waals surface area contributed by atoms with Crippen molar-refractivity contribution < 1.29 is 17.9 Å². The largest absolute Gasteiger partial charge is 0.489 e. The normalized spacial score (nSPS) is 13.8. The van der Waals surface area contributed by atoms with E-state index in [1.54, 1.807) is 24.3 Å². The van der Waals surface area contributed by atoms with E-state index in [1.807, 2.05) is 22.5 Å². The molecule has 3 aromatic carbocycles. The van der Waals surface area contributed by atoms with E-state index in [9.17, 15) is 13.2 Å². The molecule has 0 amide bonds. The Labute approximate surface area is 193 Å². The Morgan fingerprint density at radius 3 is 2.45 bits per heavy atom. The number of rotatable bonds is 5. The maximum absolute atomic E-state index is 13.1. The van der Waals surface area contributed by atoms with Gasteiger partial charge in [-0.05, 0) is 66.8 Å². The standard InChI is InChI=1S/C23H18Cl2F3NOS/c24-20-7-2-8-21(25)19(20)14-30-17-10-9-15-4-3-11-29(22(15)13-17)31-18-6-1-5-16(12-18)23(26,27)28/h1-2,5-10,12-13H,3-4,11,14H2. The molecule has 1 heterocycles. The third-order valence-electron chi connectivity index (χ3n) is 4.95. The van der Waals surface area contributed by atoms with Gasteiger partial charge < -0.3 is 9.04 Å². The number of fused-ring (bicyclic) bond motifs is 1. The highest BCUT2D eigenvalue weighted by atomic mass is 35.5. The molecule has 0 saturated carbocycles. The van der Waals surface area contributed by atoms with Gasteiger partial charge in [0, 0.05) is 33.1 Å². The summed E-state index contributed by atoms with van der Waals surface area (Å²) < 4.78 is 47.1. The summed E-state index contributed by atoms with van der Waals surface area (Å²) in [4.78, 5) is 0.539. The fourth-order valence-electron chi connectivity index (χ4n) is 3.39. The summed E-state index contributed by atoms with van der Waals surface area (Å²) in [6.07, 6.45) is -2.53. The molecule has 2 nitrogen and oxygen atoms in total. The van der Waals surface area contributed by atoms with Gasteiger partial charge in [-0.2, -0.15) is 13.2 Å². The van der Waals surface area contributed by atoms with E-state index < -0.39 is 11.7 Å². The topological polar surface area (TPSA) is 12.5 Å². The van der Waals surface area contributed by atoms with Crippen molar-refractivity contribution in [3.63, 3.8) is 0 Å². The number of anilines is 1. The summed E-state index contributed by atoms with van der Waals surface area (Å²) in [5, 5.41) is 1.07. The molecule has 0 bridgehead atoms. The van der Waals surface area contributed by atoms with Gasteiger partial charge in [0.25, 0.3) is 0 Å². The number of aryl methyl sites for hydroxylation is 1. The Balaban J connectivity index is 1.54. The minimum Gasteiger partial charge on any atom is -0.489 e. The van der Waals surface area contributed by atoms with E-state index in [0.717, 1.165) is 36.7 Å². The molecule has 0 spiro atoms. The highest BCUT2D eigenvalue weighted by Crippen LogP contribution is 2.39. The summed E-state index contributed by atoms with van der Waals surface area (Å²) in [5.74, 6) is 0.645. The number of benzene rings is 3. The number of hydrogen-bond acceptors (Lipinski definition) is 3. The van der Waals surface area contributed by atoms with Gasteiger partial charge in [-0.25, -0.2) is 0 Å². The van der Waals surface area contributed by atoms with Crippen LogP contribution in [0.5, 0.6) is 5.75 Å². The minimum absolute atomic E-state index is 0.220. The summed E-state index contributed by atoms with van der Waals surface area (Å²) in [7, 11) is 0. The summed E-state index contributed by atoms with van der Waals surface area (Å²) in [6.45, 7) is 0.950. The van der Waals surface area contributed by atoms with Crippen molar-refractivity contribution in [1.29, 1.82) is 0 Å². The number of halogens is 5. The molecular formula is C23H18Cl2F3NOS. The molecule has 0 aliphatic carbocycles. The van der Waals surface area contributed by atoms with Crippen molar-refractivity contribution in [1.82, 2.24) is 0 Å². The predicted molar refractivity (Wildman–Crippen MR) is 120 cm³/mol. The second-order valence-corrected chi connectivity index (χ2v) is 9.01. The zero-order valence-corrected chi connectivity index (χ0v) is 18.6. The lowest BCUT2D eigenvalue weighted by Crippen LogP contribution is -2.22. The second kappa shape index (κ2) is 9.23. The molecule has 0 saturated heterocycles. The van der Waals surface area contributed by atoms with E-state index in [0.29, 0.717) is 26.3 Å². The van der Waals surface area contributed by atoms with E-state index >= 15 is 0 Å². The number of hydrogen-bond donors (Lipinski definition) is 0. The minimum atomic E-state index is -4.36. The quantitative estimate of drug-likeness (QED) is 0.340. The van der Waals surface area contributed by atoms with Crippen molar-refractivity contribution in [2.24, 2.45) is 0 Å². The van der Waals surface area contributed by atoms with Crippen molar-refractivity contribution in [2.75, 3.05) is 10.8 Å². The Kier molecular flexibility index (Phi) is 6.60. The SMILES string of the molecule is FC(F)(F)c1cccc(SN2CCCc3ccc(OCc4c(Cl)cccc4Cl)cc32)c1. The first-order valence-electron chi connectivity index (χ1n) is 9.62. The number of ether oxygens (including phenoxy) is 1. The van der Waals surface area contributed by atoms with Gasteiger partial charge >= 0.3 is 6.18 Å². The molecule has 0 unspecified atom stereocenters. The summed E-state index contributed by atoms with van der Waals surface area (Å²) in [5.41, 5.74) is 2.13. The molecule has 3 aromatic rings. The highest BCUT2D eigenvalue weighted by Gasteiger charge is 2.30. The van der Waals surface area contributed by atoms with Gasteiger partial charge in [0.05, 0.1) is 11.3 Å². The van der Waals surface area contributed by atoms with Gasteiger partial charge in [0.15, 0.2) is 0 Å². The van der Waals surface area contributed by atoms with Crippen molar-refractivity contribution in [3.05, 3.63) is 87.4 Å². The molecule has 1 aliphatic heterocycles. The fourth-order valence-corrected chi connectivity index (χ4v) is 4.96. The third kappa shape index (κ3) is 5.25. The van der Waals surface area contributed by atoms with Gasteiger partial charge in [0.2, 0.25) is 0 Å². The molecule has 31 heavy (non-hydrogen) atoms. The van der Waals surface area contributed by atoms with Crippen LogP contribution in [0.25, 0.3) is 0 Å². The van der Waals surface area contributed by atoms with E-state index in [-0.39, 0.29) is 6.61 Å². The zero-order valence-electron chi connectivity index (χ0n) is 16.3. The second-order valence-electron chi connectivity index (χ2n) is 7.10. The molecule has 4 rings (SSSR count). The molecule has 0 N–H and O–H groups in total. The smallest absolute Gasteiger partial charge is 0.416 e. The van der Waals surface area contributed by atoms with Crippen molar-refractivity contribution in [3.8, 4) is 5.75 Å². The first-order chi connectivity index (χ1) is 14.8. The lowest BCUT2D eigenvalue weighted by molar-refractivity contribution is -0.137. The van der Waals surface area contributed by atoms with Crippen LogP contribution in [-0.2, 0) is 19.2 Å². The van der Waals surface area contributed by atoms with Crippen LogP contribution in [0.15, 0.2) is 65.6 Å². The molecular weight excluding hydrogens is 466 g/mol. The Morgan fingerprint density at radius 2 is 1.71 bits per heavy atom. The molecule has 0 atom stereocenters. The van der Waals surface area contributed by atoms with Gasteiger partial charge in [-0.15, -0.1) is 0 Å². The Bertz CT molecular complexity index is 1070. The summed E-state index contributed by atoms with van der Waals surface area (Å²) in [6, 6.07) is 16.5. The first kappa shape index (κ1) is 22.2. The van der Waals surface area contributed by atoms with Gasteiger partial charge in [-0.3, -0.25) is 0 Å². The van der Waals surface area contributed by atoms with E-state index in [2.05, 4.69) is 0 Å². The molecule has 162 valence electrons. The molecule has 0 radical (unpaired) electrons. The summed E-state index contributed by atoms with van der Waals surface area (Å²) >= 11 is 13.7. The highest BCUT2D eigenvalue weighted by molar-refractivity contribution is 8.00. The lowest BCUT2D eigenvalue weighted by atomic mass is 10.0. The zero-order chi connectivity index (χ0) is 22.0. The van der Waals surface area contributed by atoms with Crippen LogP contribution >= 0.6 is 35.1 Å². The van der Waals surface area contributed by atoms with Crippen LogP contribution in [0.1, 0.15) is 23.1 Å². The first-order valence-corrected chi connectivity index (χ1v) is 11.2. The van der Waals surface area contributed by atoms with Crippen LogP contribution in [0.3, 0.4) is 0 Å². The van der Waals surface area contributed by atoms with Crippen LogP contribution in [0, 0.1) is 0 Å². The molecule has 0 aromatic heterocycles. The maximum atomic E-state index is 13.1. The van der Waals surface area contributed by atoms with Crippen LogP contribution in [0.4, 0.5) is 18.9 Å². The molecule has 0 fully saturated rings. The van der Waals surface area contributed by atoms with Crippen molar-refractivity contribution in [2.45, 2.75) is 30.5 Å². The average molecular weight is 484 g/mol. The van der Waals surface area contributed by atoms with E-state index in [1.165, 1.54) is 24.1 Å². The molecule has 8 heteroatoms. The fraction of sp³-hybridized carbons (Fsp3) is 0.217. The van der Waals surface area contributed by atoms with Crippen LogP contribution in [0.2, 0.25) is 10.0 Å². The van der Waals surface area contributed by atoms with Gasteiger partial charge in [0.1, 0.15) is 12.4 Å². The van der Waals surface area contributed by atoms with E-state index in [4.69, 9.17) is 27.9 Å². The predicted octanol–water partition coefficient (Wildman–Crippen LogP) is 8.05. The Hall–Kier alpha value is -2.02. The van der Waals surface area contributed by atoms with Crippen LogP contribution in [-0.4, -0.2) is 6.54 Å². The van der Waals surface area contributed by atoms with Crippen molar-refractivity contribution >= 4 is 40.8 Å². The van der Waals surface area contributed by atoms with Gasteiger partial charge in [-0.1, -0.05) is 41.4 Å². The number of nitrogens with zero attached hydrogens (tertiary/aromatic N) is 1.